The Hall–Kier alpha value is -1.91. The van der Waals surface area contributed by atoms with Crippen LogP contribution in [0.15, 0.2) is 16.5 Å². The van der Waals surface area contributed by atoms with Crippen molar-refractivity contribution < 1.29 is 23.9 Å². The van der Waals surface area contributed by atoms with Crippen molar-refractivity contribution in [1.82, 2.24) is 0 Å². The maximum atomic E-state index is 11.2. The SMILES string of the molecule is CC(=O)CC(=O)c1ccc(C(=O)O)o1. The molecule has 0 amide bonds. The van der Waals surface area contributed by atoms with Crippen molar-refractivity contribution in [3.8, 4) is 0 Å². The molecule has 74 valence electrons. The van der Waals surface area contributed by atoms with E-state index in [0.29, 0.717) is 0 Å². The molecule has 0 saturated carbocycles. The fourth-order valence-electron chi connectivity index (χ4n) is 0.916. The van der Waals surface area contributed by atoms with Crippen molar-refractivity contribution in [2.45, 2.75) is 13.3 Å². The van der Waals surface area contributed by atoms with Crippen LogP contribution < -0.4 is 0 Å². The van der Waals surface area contributed by atoms with E-state index in [0.717, 1.165) is 0 Å². The van der Waals surface area contributed by atoms with Crippen LogP contribution in [-0.4, -0.2) is 22.6 Å². The molecular weight excluding hydrogens is 188 g/mol. The number of carbonyl (C=O) groups is 3. The number of carboxylic acids is 1. The highest BCUT2D eigenvalue weighted by atomic mass is 16.4. The van der Waals surface area contributed by atoms with Gasteiger partial charge in [-0.3, -0.25) is 9.59 Å². The van der Waals surface area contributed by atoms with Crippen LogP contribution in [0.1, 0.15) is 34.5 Å². The molecule has 0 radical (unpaired) electrons. The molecule has 0 fully saturated rings. The Morgan fingerprint density at radius 1 is 1.29 bits per heavy atom. The highest BCUT2D eigenvalue weighted by molar-refractivity contribution is 6.06. The summed E-state index contributed by atoms with van der Waals surface area (Å²) >= 11 is 0. The second kappa shape index (κ2) is 3.87. The first kappa shape index (κ1) is 10.2. The number of Topliss-reactive ketones (excluding diaryl/α,β-unsaturated/α-hetero) is 2. The molecule has 14 heavy (non-hydrogen) atoms. The van der Waals surface area contributed by atoms with Crippen LogP contribution in [0.4, 0.5) is 0 Å². The first-order valence-electron chi connectivity index (χ1n) is 3.86. The zero-order valence-corrected chi connectivity index (χ0v) is 7.44. The maximum absolute atomic E-state index is 11.2. The average Bonchev–Trinajstić information content (AvgIpc) is 2.50. The average molecular weight is 196 g/mol. The summed E-state index contributed by atoms with van der Waals surface area (Å²) in [5.41, 5.74) is 0. The number of ketones is 2. The van der Waals surface area contributed by atoms with Crippen molar-refractivity contribution in [1.29, 1.82) is 0 Å². The maximum Gasteiger partial charge on any atom is 0.371 e. The lowest BCUT2D eigenvalue weighted by Gasteiger charge is -1.91. The van der Waals surface area contributed by atoms with Crippen LogP contribution in [0.5, 0.6) is 0 Å². The second-order valence-electron chi connectivity index (χ2n) is 2.77. The monoisotopic (exact) mass is 196 g/mol. The van der Waals surface area contributed by atoms with Crippen molar-refractivity contribution in [3.63, 3.8) is 0 Å². The Balaban J connectivity index is 2.81. The molecule has 0 unspecified atom stereocenters. The Morgan fingerprint density at radius 3 is 2.29 bits per heavy atom. The molecule has 1 aromatic heterocycles. The van der Waals surface area contributed by atoms with E-state index in [-0.39, 0.29) is 23.7 Å². The minimum absolute atomic E-state index is 0.0994. The fraction of sp³-hybridized carbons (Fsp3) is 0.222. The molecule has 0 aliphatic rings. The van der Waals surface area contributed by atoms with Gasteiger partial charge in [0.2, 0.25) is 11.5 Å². The van der Waals surface area contributed by atoms with Gasteiger partial charge in [-0.1, -0.05) is 0 Å². The Labute approximate surface area is 79.3 Å². The van der Waals surface area contributed by atoms with E-state index in [2.05, 4.69) is 0 Å². The highest BCUT2D eigenvalue weighted by Gasteiger charge is 2.15. The van der Waals surface area contributed by atoms with Gasteiger partial charge >= 0.3 is 5.97 Å². The molecule has 0 spiro atoms. The first-order valence-corrected chi connectivity index (χ1v) is 3.86. The largest absolute Gasteiger partial charge is 0.475 e. The third-order valence-electron chi connectivity index (χ3n) is 1.50. The summed E-state index contributed by atoms with van der Waals surface area (Å²) in [6.45, 7) is 1.28. The lowest BCUT2D eigenvalue weighted by atomic mass is 10.2. The van der Waals surface area contributed by atoms with Gasteiger partial charge in [-0.25, -0.2) is 4.79 Å². The van der Waals surface area contributed by atoms with Gasteiger partial charge < -0.3 is 9.52 Å². The number of furan rings is 1. The number of rotatable bonds is 4. The van der Waals surface area contributed by atoms with E-state index in [1.54, 1.807) is 0 Å². The summed E-state index contributed by atoms with van der Waals surface area (Å²) < 4.78 is 4.71. The molecule has 0 bridgehead atoms. The number of carbonyl (C=O) groups excluding carboxylic acids is 2. The van der Waals surface area contributed by atoms with Crippen LogP contribution in [-0.2, 0) is 4.79 Å². The highest BCUT2D eigenvalue weighted by Crippen LogP contribution is 2.10. The molecule has 0 aromatic carbocycles. The van der Waals surface area contributed by atoms with Crippen LogP contribution in [0.3, 0.4) is 0 Å². The molecule has 0 aliphatic carbocycles. The second-order valence-corrected chi connectivity index (χ2v) is 2.77. The lowest BCUT2D eigenvalue weighted by molar-refractivity contribution is -0.116. The lowest BCUT2D eigenvalue weighted by Crippen LogP contribution is -2.03. The summed E-state index contributed by atoms with van der Waals surface area (Å²) in [7, 11) is 0. The van der Waals surface area contributed by atoms with E-state index in [1.807, 2.05) is 0 Å². The topological polar surface area (TPSA) is 84.6 Å². The van der Waals surface area contributed by atoms with Crippen LogP contribution in [0.25, 0.3) is 0 Å². The third kappa shape index (κ3) is 2.29. The van der Waals surface area contributed by atoms with Crippen LogP contribution >= 0.6 is 0 Å². The van der Waals surface area contributed by atoms with E-state index >= 15 is 0 Å². The number of carboxylic acid groups (broad SMARTS) is 1. The summed E-state index contributed by atoms with van der Waals surface area (Å²) in [5.74, 6) is -2.45. The van der Waals surface area contributed by atoms with Gasteiger partial charge in [0.25, 0.3) is 0 Å². The van der Waals surface area contributed by atoms with Gasteiger partial charge in [-0.05, 0) is 19.1 Å². The number of hydrogen-bond acceptors (Lipinski definition) is 4. The molecule has 0 saturated heterocycles. The zero-order valence-electron chi connectivity index (χ0n) is 7.44. The molecule has 5 heteroatoms. The zero-order chi connectivity index (χ0) is 10.7. The van der Waals surface area contributed by atoms with Gasteiger partial charge in [0.05, 0.1) is 6.42 Å². The summed E-state index contributed by atoms with van der Waals surface area (Å²) in [6.07, 6.45) is -0.271. The predicted octanol–water partition coefficient (Wildman–Crippen LogP) is 1.14. The third-order valence-corrected chi connectivity index (χ3v) is 1.50. The van der Waals surface area contributed by atoms with Gasteiger partial charge in [0.15, 0.2) is 5.76 Å². The van der Waals surface area contributed by atoms with E-state index in [4.69, 9.17) is 9.52 Å². The van der Waals surface area contributed by atoms with E-state index in [9.17, 15) is 14.4 Å². The molecular formula is C9H8O5. The minimum atomic E-state index is -1.24. The molecule has 0 atom stereocenters. The molecule has 1 N–H and O–H groups in total. The van der Waals surface area contributed by atoms with Crippen LogP contribution in [0.2, 0.25) is 0 Å². The fourth-order valence-corrected chi connectivity index (χ4v) is 0.916. The van der Waals surface area contributed by atoms with Gasteiger partial charge in [-0.2, -0.15) is 0 Å². The molecule has 1 aromatic rings. The van der Waals surface area contributed by atoms with Crippen molar-refractivity contribution in [2.24, 2.45) is 0 Å². The van der Waals surface area contributed by atoms with E-state index in [1.165, 1.54) is 19.1 Å². The Bertz CT molecular complexity index is 388. The minimum Gasteiger partial charge on any atom is -0.475 e. The Morgan fingerprint density at radius 2 is 1.86 bits per heavy atom. The number of hydrogen-bond donors (Lipinski definition) is 1. The van der Waals surface area contributed by atoms with Crippen LogP contribution in [0, 0.1) is 0 Å². The first-order chi connectivity index (χ1) is 6.50. The molecule has 0 aliphatic heterocycles. The summed E-state index contributed by atoms with van der Waals surface area (Å²) in [6, 6.07) is 2.42. The van der Waals surface area contributed by atoms with E-state index < -0.39 is 11.8 Å². The normalized spacial score (nSPS) is 9.79. The number of aromatic carboxylic acids is 1. The van der Waals surface area contributed by atoms with Gasteiger partial charge in [-0.15, -0.1) is 0 Å². The molecule has 1 heterocycles. The predicted molar refractivity (Wildman–Crippen MR) is 45.3 cm³/mol. The molecule has 5 nitrogen and oxygen atoms in total. The van der Waals surface area contributed by atoms with Crippen molar-refractivity contribution in [2.75, 3.05) is 0 Å². The van der Waals surface area contributed by atoms with Crippen molar-refractivity contribution in [3.05, 3.63) is 23.7 Å². The molecule has 1 rings (SSSR count). The smallest absolute Gasteiger partial charge is 0.371 e. The summed E-state index contributed by atoms with van der Waals surface area (Å²) in [4.78, 5) is 32.2. The Kier molecular flexibility index (Phi) is 2.81. The summed E-state index contributed by atoms with van der Waals surface area (Å²) in [5, 5.41) is 8.49. The quantitative estimate of drug-likeness (QED) is 0.576. The van der Waals surface area contributed by atoms with Gasteiger partial charge in [0, 0.05) is 0 Å². The standard InChI is InChI=1S/C9H8O5/c1-5(10)4-6(11)7-2-3-8(14-7)9(12)13/h2-3H,4H2,1H3,(H,12,13). The van der Waals surface area contributed by atoms with Gasteiger partial charge in [0.1, 0.15) is 5.78 Å². The van der Waals surface area contributed by atoms with Crippen molar-refractivity contribution >= 4 is 17.5 Å².